The number of hydrogen-bond acceptors (Lipinski definition) is 5. The van der Waals surface area contributed by atoms with Gasteiger partial charge in [-0.25, -0.2) is 4.98 Å². The van der Waals surface area contributed by atoms with Gasteiger partial charge in [-0.15, -0.1) is 11.3 Å². The van der Waals surface area contributed by atoms with Crippen molar-refractivity contribution >= 4 is 19.7 Å². The van der Waals surface area contributed by atoms with Crippen molar-refractivity contribution < 1.29 is 13.9 Å². The van der Waals surface area contributed by atoms with Crippen LogP contribution in [0.15, 0.2) is 11.6 Å². The average Bonchev–Trinajstić information content (AvgIpc) is 2.79. The molecule has 0 spiro atoms. The van der Waals surface area contributed by atoms with Crippen LogP contribution in [0.4, 0.5) is 0 Å². The van der Waals surface area contributed by atoms with E-state index in [1.807, 2.05) is 5.38 Å². The van der Waals surface area contributed by atoms with E-state index < -0.39 is 8.32 Å². The number of methoxy groups -OCH3 is 1. The molecule has 1 aromatic rings. The van der Waals surface area contributed by atoms with Gasteiger partial charge in [0.05, 0.1) is 6.61 Å². The standard InChI is InChI=1S/C13H25NO3SSi/c1-13(2,3)19(5,6)17-11(9-16-10-15-4)12-14-7-8-18-12/h7-8,11H,9-10H2,1-6H3. The lowest BCUT2D eigenvalue weighted by Gasteiger charge is -2.38. The molecule has 0 N–H and O–H groups in total. The SMILES string of the molecule is COCOCC(O[Si](C)(C)C(C)(C)C)c1nccs1. The molecule has 1 rings (SSSR count). The van der Waals surface area contributed by atoms with Gasteiger partial charge in [0.1, 0.15) is 17.9 Å². The zero-order valence-corrected chi connectivity index (χ0v) is 14.5. The molecule has 1 unspecified atom stereocenters. The van der Waals surface area contributed by atoms with E-state index in [4.69, 9.17) is 13.9 Å². The molecule has 0 saturated carbocycles. The highest BCUT2D eigenvalue weighted by molar-refractivity contribution is 7.09. The third kappa shape index (κ3) is 4.96. The molecule has 110 valence electrons. The fourth-order valence-corrected chi connectivity index (χ4v) is 3.30. The summed E-state index contributed by atoms with van der Waals surface area (Å²) in [7, 11) is -0.220. The summed E-state index contributed by atoms with van der Waals surface area (Å²) in [6.45, 7) is 11.9. The maximum absolute atomic E-state index is 6.40. The highest BCUT2D eigenvalue weighted by Gasteiger charge is 2.40. The zero-order valence-electron chi connectivity index (χ0n) is 12.7. The van der Waals surface area contributed by atoms with Gasteiger partial charge in [0.25, 0.3) is 0 Å². The van der Waals surface area contributed by atoms with Gasteiger partial charge in [-0.05, 0) is 18.1 Å². The summed E-state index contributed by atoms with van der Waals surface area (Å²) in [5.41, 5.74) is 0. The van der Waals surface area contributed by atoms with E-state index in [-0.39, 0.29) is 17.9 Å². The van der Waals surface area contributed by atoms with Gasteiger partial charge in [-0.2, -0.15) is 0 Å². The van der Waals surface area contributed by atoms with Crippen LogP contribution in [0.1, 0.15) is 31.9 Å². The van der Waals surface area contributed by atoms with Crippen LogP contribution in [0.2, 0.25) is 18.1 Å². The normalized spacial score (nSPS) is 14.6. The van der Waals surface area contributed by atoms with E-state index >= 15 is 0 Å². The fourth-order valence-electron chi connectivity index (χ4n) is 1.32. The van der Waals surface area contributed by atoms with Crippen LogP contribution in [0.3, 0.4) is 0 Å². The van der Waals surface area contributed by atoms with Crippen molar-refractivity contribution in [1.82, 2.24) is 4.98 Å². The monoisotopic (exact) mass is 303 g/mol. The second kappa shape index (κ2) is 6.94. The number of aromatic nitrogens is 1. The average molecular weight is 303 g/mol. The molecule has 1 atom stereocenters. The molecule has 0 aliphatic heterocycles. The Bertz CT molecular complexity index is 362. The van der Waals surface area contributed by atoms with Crippen LogP contribution in [-0.2, 0) is 13.9 Å². The van der Waals surface area contributed by atoms with Crippen LogP contribution in [0.25, 0.3) is 0 Å². The van der Waals surface area contributed by atoms with Crippen LogP contribution in [0, 0.1) is 0 Å². The Morgan fingerprint density at radius 3 is 2.53 bits per heavy atom. The first kappa shape index (κ1) is 16.8. The molecule has 0 aliphatic carbocycles. The van der Waals surface area contributed by atoms with Crippen molar-refractivity contribution in [3.63, 3.8) is 0 Å². The molecule has 0 saturated heterocycles. The van der Waals surface area contributed by atoms with E-state index in [1.165, 1.54) is 0 Å². The Hall–Kier alpha value is -0.273. The van der Waals surface area contributed by atoms with Gasteiger partial charge >= 0.3 is 0 Å². The summed E-state index contributed by atoms with van der Waals surface area (Å²) in [6.07, 6.45) is 1.70. The summed E-state index contributed by atoms with van der Waals surface area (Å²) < 4.78 is 16.8. The maximum atomic E-state index is 6.40. The van der Waals surface area contributed by atoms with Crippen molar-refractivity contribution in [2.24, 2.45) is 0 Å². The van der Waals surface area contributed by atoms with E-state index in [9.17, 15) is 0 Å². The number of ether oxygens (including phenoxy) is 2. The molecular formula is C13H25NO3SSi. The van der Waals surface area contributed by atoms with Gasteiger partial charge in [0, 0.05) is 18.7 Å². The van der Waals surface area contributed by atoms with Gasteiger partial charge in [0.15, 0.2) is 8.32 Å². The minimum atomic E-state index is -1.84. The molecule has 0 radical (unpaired) electrons. The summed E-state index contributed by atoms with van der Waals surface area (Å²) in [5.74, 6) is 0. The van der Waals surface area contributed by atoms with Gasteiger partial charge in [-0.1, -0.05) is 20.8 Å². The lowest BCUT2D eigenvalue weighted by molar-refractivity contribution is -0.0594. The number of thiazole rings is 1. The van der Waals surface area contributed by atoms with Crippen LogP contribution in [-0.4, -0.2) is 33.8 Å². The summed E-state index contributed by atoms with van der Waals surface area (Å²) >= 11 is 1.61. The summed E-state index contributed by atoms with van der Waals surface area (Å²) in [5, 5.41) is 3.11. The third-order valence-electron chi connectivity index (χ3n) is 3.44. The molecule has 6 heteroatoms. The van der Waals surface area contributed by atoms with E-state index in [0.29, 0.717) is 6.61 Å². The molecule has 0 bridgehead atoms. The van der Waals surface area contributed by atoms with Gasteiger partial charge < -0.3 is 13.9 Å². The van der Waals surface area contributed by atoms with Crippen molar-refractivity contribution in [2.75, 3.05) is 20.5 Å². The molecular weight excluding hydrogens is 278 g/mol. The van der Waals surface area contributed by atoms with Crippen LogP contribution in [0.5, 0.6) is 0 Å². The Kier molecular flexibility index (Phi) is 6.13. The molecule has 1 aromatic heterocycles. The summed E-state index contributed by atoms with van der Waals surface area (Å²) in [6, 6.07) is 0. The minimum Gasteiger partial charge on any atom is -0.405 e. The van der Waals surface area contributed by atoms with E-state index in [2.05, 4.69) is 38.8 Å². The number of rotatable bonds is 7. The van der Waals surface area contributed by atoms with Gasteiger partial charge in [0.2, 0.25) is 0 Å². The van der Waals surface area contributed by atoms with Crippen molar-refractivity contribution in [1.29, 1.82) is 0 Å². The topological polar surface area (TPSA) is 40.6 Å². The fraction of sp³-hybridized carbons (Fsp3) is 0.769. The quantitative estimate of drug-likeness (QED) is 0.436. The lowest BCUT2D eigenvalue weighted by atomic mass is 10.2. The lowest BCUT2D eigenvalue weighted by Crippen LogP contribution is -2.42. The van der Waals surface area contributed by atoms with Gasteiger partial charge in [-0.3, -0.25) is 0 Å². The van der Waals surface area contributed by atoms with Crippen LogP contribution < -0.4 is 0 Å². The first-order valence-electron chi connectivity index (χ1n) is 6.42. The third-order valence-corrected chi connectivity index (χ3v) is 8.79. The summed E-state index contributed by atoms with van der Waals surface area (Å²) in [4.78, 5) is 4.36. The first-order chi connectivity index (χ1) is 8.78. The molecule has 0 aromatic carbocycles. The predicted octanol–water partition coefficient (Wildman–Crippen LogP) is 3.83. The number of hydrogen-bond donors (Lipinski definition) is 0. The Balaban J connectivity index is 2.75. The Morgan fingerprint density at radius 2 is 2.05 bits per heavy atom. The number of nitrogens with zero attached hydrogens (tertiary/aromatic N) is 1. The second-order valence-electron chi connectivity index (χ2n) is 6.01. The Labute approximate surface area is 121 Å². The van der Waals surface area contributed by atoms with Crippen LogP contribution >= 0.6 is 11.3 Å². The molecule has 19 heavy (non-hydrogen) atoms. The smallest absolute Gasteiger partial charge is 0.193 e. The van der Waals surface area contributed by atoms with Crippen molar-refractivity contribution in [3.8, 4) is 0 Å². The Morgan fingerprint density at radius 1 is 1.37 bits per heavy atom. The second-order valence-corrected chi connectivity index (χ2v) is 11.7. The van der Waals surface area contributed by atoms with E-state index in [1.54, 1.807) is 24.6 Å². The molecule has 0 amide bonds. The molecule has 1 heterocycles. The minimum absolute atomic E-state index is 0.101. The molecule has 0 fully saturated rings. The van der Waals surface area contributed by atoms with Crippen molar-refractivity contribution in [2.45, 2.75) is 45.0 Å². The van der Waals surface area contributed by atoms with Crippen molar-refractivity contribution in [3.05, 3.63) is 16.6 Å². The molecule has 0 aliphatic rings. The largest absolute Gasteiger partial charge is 0.405 e. The highest BCUT2D eigenvalue weighted by Crippen LogP contribution is 2.40. The van der Waals surface area contributed by atoms with E-state index in [0.717, 1.165) is 5.01 Å². The predicted molar refractivity (Wildman–Crippen MR) is 81.0 cm³/mol. The highest BCUT2D eigenvalue weighted by atomic mass is 32.1. The first-order valence-corrected chi connectivity index (χ1v) is 10.2. The maximum Gasteiger partial charge on any atom is 0.193 e. The zero-order chi connectivity index (χ0) is 14.5. The molecule has 4 nitrogen and oxygen atoms in total.